The van der Waals surface area contributed by atoms with Crippen molar-refractivity contribution >= 4 is 18.0 Å². The summed E-state index contributed by atoms with van der Waals surface area (Å²) in [7, 11) is 0. The molecule has 1 aliphatic rings. The zero-order chi connectivity index (χ0) is 21.7. The fourth-order valence-electron chi connectivity index (χ4n) is 3.21. The standard InChI is InChI=1S/C22H29NO6/c1-5-21(2,3)29-19(26)22(4,18(24)25)14-17-12-9-13-23(17)20(27)28-15-16-10-7-6-8-11-16/h5-8,10-11,17H,1,9,12-15H2,2-4H3,(H,24,25). The molecule has 29 heavy (non-hydrogen) atoms. The van der Waals surface area contributed by atoms with Crippen LogP contribution in [-0.2, 0) is 25.7 Å². The number of amides is 1. The number of ether oxygens (including phenoxy) is 2. The number of carboxylic acid groups (broad SMARTS) is 1. The first-order valence-electron chi connectivity index (χ1n) is 9.67. The Kier molecular flexibility index (Phi) is 7.06. The number of carbonyl (C=O) groups excluding carboxylic acids is 2. The molecule has 0 spiro atoms. The molecule has 1 saturated heterocycles. The molecule has 2 atom stereocenters. The van der Waals surface area contributed by atoms with Gasteiger partial charge in [0.1, 0.15) is 12.2 Å². The molecule has 0 aliphatic carbocycles. The molecule has 0 radical (unpaired) electrons. The fraction of sp³-hybridized carbons (Fsp3) is 0.500. The summed E-state index contributed by atoms with van der Waals surface area (Å²) in [5.74, 6) is -2.13. The van der Waals surface area contributed by atoms with Gasteiger partial charge in [0.05, 0.1) is 0 Å². The number of nitrogens with zero attached hydrogens (tertiary/aromatic N) is 1. The fourth-order valence-corrected chi connectivity index (χ4v) is 3.21. The zero-order valence-corrected chi connectivity index (χ0v) is 17.2. The number of esters is 1. The number of carboxylic acids is 1. The van der Waals surface area contributed by atoms with Crippen molar-refractivity contribution in [1.82, 2.24) is 4.90 Å². The lowest BCUT2D eigenvalue weighted by Gasteiger charge is -2.33. The molecule has 7 nitrogen and oxygen atoms in total. The third kappa shape index (κ3) is 5.59. The van der Waals surface area contributed by atoms with E-state index in [4.69, 9.17) is 9.47 Å². The summed E-state index contributed by atoms with van der Waals surface area (Å²) in [5.41, 5.74) is -1.91. The Bertz CT molecular complexity index is 760. The second kappa shape index (κ2) is 9.11. The number of likely N-dealkylation sites (tertiary alicyclic amines) is 1. The molecule has 2 rings (SSSR count). The smallest absolute Gasteiger partial charge is 0.410 e. The van der Waals surface area contributed by atoms with E-state index in [9.17, 15) is 19.5 Å². The van der Waals surface area contributed by atoms with Crippen LogP contribution in [0.25, 0.3) is 0 Å². The number of benzene rings is 1. The molecule has 1 fully saturated rings. The first-order valence-corrected chi connectivity index (χ1v) is 9.67. The Morgan fingerprint density at radius 3 is 2.48 bits per heavy atom. The van der Waals surface area contributed by atoms with Crippen LogP contribution in [0.1, 0.15) is 45.6 Å². The normalized spacial score (nSPS) is 18.6. The van der Waals surface area contributed by atoms with E-state index >= 15 is 0 Å². The predicted molar refractivity (Wildman–Crippen MR) is 107 cm³/mol. The third-order valence-electron chi connectivity index (χ3n) is 5.23. The van der Waals surface area contributed by atoms with Gasteiger partial charge in [-0.15, -0.1) is 0 Å². The highest BCUT2D eigenvalue weighted by molar-refractivity contribution is 5.99. The highest BCUT2D eigenvalue weighted by atomic mass is 16.6. The van der Waals surface area contributed by atoms with E-state index in [1.807, 2.05) is 30.3 Å². The lowest BCUT2D eigenvalue weighted by molar-refractivity contribution is -0.175. The Morgan fingerprint density at radius 1 is 1.24 bits per heavy atom. The predicted octanol–water partition coefficient (Wildman–Crippen LogP) is 3.78. The van der Waals surface area contributed by atoms with Gasteiger partial charge in [-0.3, -0.25) is 9.59 Å². The van der Waals surface area contributed by atoms with Crippen molar-refractivity contribution in [3.8, 4) is 0 Å². The number of hydrogen-bond acceptors (Lipinski definition) is 5. The average Bonchev–Trinajstić information content (AvgIpc) is 3.14. The Morgan fingerprint density at radius 2 is 1.90 bits per heavy atom. The maximum Gasteiger partial charge on any atom is 0.410 e. The van der Waals surface area contributed by atoms with Gasteiger partial charge in [-0.2, -0.15) is 0 Å². The second-order valence-electron chi connectivity index (χ2n) is 8.07. The Labute approximate surface area is 171 Å². The van der Waals surface area contributed by atoms with E-state index in [-0.39, 0.29) is 13.0 Å². The van der Waals surface area contributed by atoms with E-state index in [1.165, 1.54) is 17.9 Å². The van der Waals surface area contributed by atoms with E-state index in [0.29, 0.717) is 19.4 Å². The van der Waals surface area contributed by atoms with Crippen LogP contribution in [0.2, 0.25) is 0 Å². The molecule has 2 unspecified atom stereocenters. The molecular weight excluding hydrogens is 374 g/mol. The quantitative estimate of drug-likeness (QED) is 0.403. The summed E-state index contributed by atoms with van der Waals surface area (Å²) in [5, 5.41) is 9.75. The van der Waals surface area contributed by atoms with Crippen LogP contribution >= 0.6 is 0 Å². The zero-order valence-electron chi connectivity index (χ0n) is 17.2. The molecule has 1 aliphatic heterocycles. The van der Waals surface area contributed by atoms with Crippen molar-refractivity contribution in [2.24, 2.45) is 5.41 Å². The minimum absolute atomic E-state index is 0.0468. The van der Waals surface area contributed by atoms with Crippen LogP contribution < -0.4 is 0 Å². The van der Waals surface area contributed by atoms with Gasteiger partial charge in [0.2, 0.25) is 0 Å². The van der Waals surface area contributed by atoms with Crippen molar-refractivity contribution in [3.05, 3.63) is 48.6 Å². The summed E-state index contributed by atoms with van der Waals surface area (Å²) >= 11 is 0. The minimum Gasteiger partial charge on any atom is -0.480 e. The molecule has 1 amide bonds. The topological polar surface area (TPSA) is 93.1 Å². The van der Waals surface area contributed by atoms with Gasteiger partial charge < -0.3 is 19.5 Å². The highest BCUT2D eigenvalue weighted by Gasteiger charge is 2.48. The maximum atomic E-state index is 12.7. The van der Waals surface area contributed by atoms with E-state index < -0.39 is 35.1 Å². The van der Waals surface area contributed by atoms with Gasteiger partial charge in [-0.1, -0.05) is 36.9 Å². The number of carbonyl (C=O) groups is 3. The molecule has 158 valence electrons. The van der Waals surface area contributed by atoms with Crippen molar-refractivity contribution in [2.75, 3.05) is 6.54 Å². The molecule has 7 heteroatoms. The van der Waals surface area contributed by atoms with Crippen molar-refractivity contribution in [2.45, 2.75) is 58.3 Å². The van der Waals surface area contributed by atoms with Crippen LogP contribution in [0, 0.1) is 5.41 Å². The Balaban J connectivity index is 2.07. The SMILES string of the molecule is C=CC(C)(C)OC(=O)C(C)(CC1CCCN1C(=O)OCc1ccccc1)C(=O)O. The summed E-state index contributed by atoms with van der Waals surface area (Å²) in [6.07, 6.45) is 2.20. The van der Waals surface area contributed by atoms with Crippen molar-refractivity contribution < 1.29 is 29.0 Å². The molecule has 1 aromatic rings. The molecule has 1 heterocycles. The summed E-state index contributed by atoms with van der Waals surface area (Å²) in [4.78, 5) is 38.7. The van der Waals surface area contributed by atoms with Crippen LogP contribution in [0.3, 0.4) is 0 Å². The molecule has 0 saturated carbocycles. The molecule has 1 N–H and O–H groups in total. The number of hydrogen-bond donors (Lipinski definition) is 1. The summed E-state index contributed by atoms with van der Waals surface area (Å²) < 4.78 is 10.7. The molecule has 0 bridgehead atoms. The van der Waals surface area contributed by atoms with E-state index in [0.717, 1.165) is 5.56 Å². The maximum absolute atomic E-state index is 12.7. The molecular formula is C22H29NO6. The van der Waals surface area contributed by atoms with Gasteiger partial charge in [-0.05, 0) is 51.7 Å². The van der Waals surface area contributed by atoms with Gasteiger partial charge in [0.15, 0.2) is 5.41 Å². The van der Waals surface area contributed by atoms with Gasteiger partial charge in [0.25, 0.3) is 0 Å². The average molecular weight is 403 g/mol. The van der Waals surface area contributed by atoms with Crippen LogP contribution in [0.4, 0.5) is 4.79 Å². The summed E-state index contributed by atoms with van der Waals surface area (Å²) in [6.45, 7) is 8.79. The minimum atomic E-state index is -1.78. The second-order valence-corrected chi connectivity index (χ2v) is 8.07. The molecule has 0 aromatic heterocycles. The van der Waals surface area contributed by atoms with Gasteiger partial charge in [0, 0.05) is 12.6 Å². The number of aliphatic carboxylic acids is 1. The van der Waals surface area contributed by atoms with Crippen LogP contribution in [0.5, 0.6) is 0 Å². The lowest BCUT2D eigenvalue weighted by Crippen LogP contribution is -2.47. The molecule has 1 aromatic carbocycles. The first kappa shape index (κ1) is 22.5. The van der Waals surface area contributed by atoms with Crippen molar-refractivity contribution in [3.63, 3.8) is 0 Å². The third-order valence-corrected chi connectivity index (χ3v) is 5.23. The Hall–Kier alpha value is -2.83. The van der Waals surface area contributed by atoms with Crippen LogP contribution in [0.15, 0.2) is 43.0 Å². The van der Waals surface area contributed by atoms with Crippen molar-refractivity contribution in [1.29, 1.82) is 0 Å². The van der Waals surface area contributed by atoms with E-state index in [2.05, 4.69) is 6.58 Å². The van der Waals surface area contributed by atoms with Gasteiger partial charge in [-0.25, -0.2) is 4.79 Å². The lowest BCUT2D eigenvalue weighted by atomic mass is 9.82. The first-order chi connectivity index (χ1) is 13.6. The van der Waals surface area contributed by atoms with Gasteiger partial charge >= 0.3 is 18.0 Å². The number of rotatable bonds is 8. The van der Waals surface area contributed by atoms with Crippen LogP contribution in [-0.4, -0.2) is 46.2 Å². The van der Waals surface area contributed by atoms with E-state index in [1.54, 1.807) is 13.8 Å². The summed E-state index contributed by atoms with van der Waals surface area (Å²) in [6, 6.07) is 8.88. The highest BCUT2D eigenvalue weighted by Crippen LogP contribution is 2.34. The monoisotopic (exact) mass is 403 g/mol. The largest absolute Gasteiger partial charge is 0.480 e.